The average Bonchev–Trinajstić information content (AvgIpc) is 2.51. The Morgan fingerprint density at radius 3 is 2.46 bits per heavy atom. The van der Waals surface area contributed by atoms with Gasteiger partial charge in [-0.1, -0.05) is 0 Å². The zero-order valence-electron chi connectivity index (χ0n) is 14.4. The lowest BCUT2D eigenvalue weighted by atomic mass is 10.1. The molecule has 0 fully saturated rings. The van der Waals surface area contributed by atoms with E-state index in [1.54, 1.807) is 13.8 Å². The fourth-order valence-electron chi connectivity index (χ4n) is 1.89. The summed E-state index contributed by atoms with van der Waals surface area (Å²) in [6.07, 6.45) is -4.73. The number of anilines is 1. The van der Waals surface area contributed by atoms with Crippen molar-refractivity contribution in [2.45, 2.75) is 32.7 Å². The van der Waals surface area contributed by atoms with Crippen molar-refractivity contribution in [3.63, 3.8) is 0 Å². The largest absolute Gasteiger partial charge is 0.416 e. The van der Waals surface area contributed by atoms with Crippen LogP contribution in [-0.4, -0.2) is 39.3 Å². The van der Waals surface area contributed by atoms with Crippen molar-refractivity contribution in [1.82, 2.24) is 4.72 Å². The number of rotatable bonds is 9. The molecule has 0 aliphatic heterocycles. The molecule has 1 rings (SSSR count). The summed E-state index contributed by atoms with van der Waals surface area (Å²) in [6.45, 7) is 2.70. The third-order valence-electron chi connectivity index (χ3n) is 3.10. The molecule has 0 aliphatic rings. The van der Waals surface area contributed by atoms with Crippen molar-refractivity contribution in [3.8, 4) is 0 Å². The predicted octanol–water partition coefficient (Wildman–Crippen LogP) is 1.45. The number of amides is 1. The van der Waals surface area contributed by atoms with Crippen LogP contribution in [-0.2, 0) is 32.3 Å². The van der Waals surface area contributed by atoms with E-state index >= 15 is 0 Å². The second-order valence-corrected chi connectivity index (χ2v) is 7.65. The van der Waals surface area contributed by atoms with E-state index in [1.807, 2.05) is 0 Å². The second-order valence-electron chi connectivity index (χ2n) is 5.73. The number of sulfonamides is 1. The first-order valence-corrected chi connectivity index (χ1v) is 9.38. The molecule has 1 aromatic carbocycles. The molecule has 0 heterocycles. The molecule has 0 bridgehead atoms. The smallest absolute Gasteiger partial charge is 0.378 e. The first-order valence-electron chi connectivity index (χ1n) is 7.73. The van der Waals surface area contributed by atoms with Crippen molar-refractivity contribution in [2.75, 3.05) is 24.2 Å². The van der Waals surface area contributed by atoms with E-state index in [4.69, 9.17) is 10.5 Å². The fraction of sp³-hybridized carbons (Fsp3) is 0.533. The lowest BCUT2D eigenvalue weighted by Crippen LogP contribution is -2.35. The summed E-state index contributed by atoms with van der Waals surface area (Å²) in [5.74, 6) is -1.14. The first kappa shape index (κ1) is 22.4. The number of hydrogen-bond acceptors (Lipinski definition) is 5. The number of hydrogen-bond donors (Lipinski definition) is 3. The van der Waals surface area contributed by atoms with Crippen LogP contribution >= 0.6 is 0 Å². The molecule has 1 aromatic rings. The van der Waals surface area contributed by atoms with Gasteiger partial charge in [-0.05, 0) is 37.6 Å². The molecule has 148 valence electrons. The Morgan fingerprint density at radius 2 is 1.92 bits per heavy atom. The van der Waals surface area contributed by atoms with Gasteiger partial charge in [-0.2, -0.15) is 13.2 Å². The molecule has 7 nitrogen and oxygen atoms in total. The third-order valence-corrected chi connectivity index (χ3v) is 4.38. The van der Waals surface area contributed by atoms with E-state index in [0.717, 1.165) is 12.1 Å². The van der Waals surface area contributed by atoms with Crippen LogP contribution < -0.4 is 15.8 Å². The quantitative estimate of drug-likeness (QED) is 0.584. The molecule has 0 unspecified atom stereocenters. The number of benzene rings is 1. The number of nitrogens with one attached hydrogen (secondary N) is 2. The van der Waals surface area contributed by atoms with Crippen LogP contribution in [0.2, 0.25) is 0 Å². The summed E-state index contributed by atoms with van der Waals surface area (Å²) in [5.41, 5.74) is 4.47. The zero-order chi connectivity index (χ0) is 20.0. The van der Waals surface area contributed by atoms with Crippen molar-refractivity contribution in [3.05, 3.63) is 29.3 Å². The number of halogens is 3. The molecule has 0 aliphatic carbocycles. The van der Waals surface area contributed by atoms with Gasteiger partial charge < -0.3 is 15.8 Å². The van der Waals surface area contributed by atoms with Crippen molar-refractivity contribution in [1.29, 1.82) is 0 Å². The Hall–Kier alpha value is -1.69. The molecule has 0 radical (unpaired) electrons. The van der Waals surface area contributed by atoms with Crippen molar-refractivity contribution >= 4 is 21.6 Å². The third kappa shape index (κ3) is 8.13. The molecule has 26 heavy (non-hydrogen) atoms. The molecule has 0 atom stereocenters. The Balaban J connectivity index is 2.68. The molecular weight excluding hydrogens is 375 g/mol. The fourth-order valence-corrected chi connectivity index (χ4v) is 2.70. The van der Waals surface area contributed by atoms with Crippen LogP contribution in [0, 0.1) is 0 Å². The zero-order valence-corrected chi connectivity index (χ0v) is 15.2. The van der Waals surface area contributed by atoms with Gasteiger partial charge in [-0.3, -0.25) is 4.79 Å². The molecule has 4 N–H and O–H groups in total. The minimum Gasteiger partial charge on any atom is -0.378 e. The lowest BCUT2D eigenvalue weighted by Gasteiger charge is -2.13. The highest BCUT2D eigenvalue weighted by Gasteiger charge is 2.31. The van der Waals surface area contributed by atoms with Gasteiger partial charge in [0.1, 0.15) is 0 Å². The summed E-state index contributed by atoms with van der Waals surface area (Å²) in [7, 11) is -3.74. The standard InChI is InChI=1S/C15H22F3N3O4S/c1-10(2)25-3-4-26(23,24)20-9-14(22)21-13-6-11(8-19)5-12(7-13)15(16,17)18/h5-7,10,20H,3-4,8-9,19H2,1-2H3,(H,21,22). The van der Waals surface area contributed by atoms with Gasteiger partial charge in [0.2, 0.25) is 15.9 Å². The van der Waals surface area contributed by atoms with Gasteiger partial charge in [0.25, 0.3) is 0 Å². The maximum atomic E-state index is 12.8. The van der Waals surface area contributed by atoms with E-state index in [1.165, 1.54) is 6.07 Å². The molecular formula is C15H22F3N3O4S. The Kier molecular flexibility index (Phi) is 8.00. The average molecular weight is 397 g/mol. The molecule has 0 saturated heterocycles. The van der Waals surface area contributed by atoms with E-state index in [-0.39, 0.29) is 36.3 Å². The molecule has 1 amide bonds. The SMILES string of the molecule is CC(C)OCCS(=O)(=O)NCC(=O)Nc1cc(CN)cc(C(F)(F)F)c1. The number of carbonyl (C=O) groups is 1. The van der Waals surface area contributed by atoms with Gasteiger partial charge in [-0.15, -0.1) is 0 Å². The molecule has 0 spiro atoms. The highest BCUT2D eigenvalue weighted by atomic mass is 32.2. The maximum absolute atomic E-state index is 12.8. The second kappa shape index (κ2) is 9.31. The number of carbonyl (C=O) groups excluding carboxylic acids is 1. The topological polar surface area (TPSA) is 111 Å². The highest BCUT2D eigenvalue weighted by Crippen LogP contribution is 2.31. The van der Waals surface area contributed by atoms with E-state index in [9.17, 15) is 26.4 Å². The number of ether oxygens (including phenoxy) is 1. The molecule has 11 heteroatoms. The van der Waals surface area contributed by atoms with Gasteiger partial charge >= 0.3 is 6.18 Å². The van der Waals surface area contributed by atoms with Crippen LogP contribution in [0.25, 0.3) is 0 Å². The van der Waals surface area contributed by atoms with E-state index < -0.39 is 34.2 Å². The van der Waals surface area contributed by atoms with Crippen LogP contribution in [0.1, 0.15) is 25.0 Å². The summed E-state index contributed by atoms with van der Waals surface area (Å²) in [4.78, 5) is 11.8. The first-order chi connectivity index (χ1) is 11.9. The normalized spacial score (nSPS) is 12.4. The maximum Gasteiger partial charge on any atom is 0.416 e. The number of alkyl halides is 3. The summed E-state index contributed by atoms with van der Waals surface area (Å²) in [5, 5.41) is 2.22. The van der Waals surface area contributed by atoms with Gasteiger partial charge in [-0.25, -0.2) is 13.1 Å². The van der Waals surface area contributed by atoms with Gasteiger partial charge in [0.15, 0.2) is 0 Å². The predicted molar refractivity (Wildman–Crippen MR) is 90.8 cm³/mol. The lowest BCUT2D eigenvalue weighted by molar-refractivity contribution is -0.137. The monoisotopic (exact) mass is 397 g/mol. The number of nitrogens with two attached hydrogens (primary N) is 1. The Morgan fingerprint density at radius 1 is 1.27 bits per heavy atom. The Bertz CT molecular complexity index is 721. The van der Waals surface area contributed by atoms with Crippen molar-refractivity contribution in [2.24, 2.45) is 5.73 Å². The Labute approximate surface area is 150 Å². The molecule has 0 aromatic heterocycles. The summed E-state index contributed by atoms with van der Waals surface area (Å²) in [6, 6.07) is 2.92. The van der Waals surface area contributed by atoms with Gasteiger partial charge in [0, 0.05) is 12.2 Å². The molecule has 0 saturated carbocycles. The summed E-state index contributed by atoms with van der Waals surface area (Å²) >= 11 is 0. The van der Waals surface area contributed by atoms with Crippen LogP contribution in [0.3, 0.4) is 0 Å². The minimum absolute atomic E-state index is 0.0396. The van der Waals surface area contributed by atoms with Gasteiger partial charge in [0.05, 0.1) is 30.6 Å². The van der Waals surface area contributed by atoms with Crippen LogP contribution in [0.4, 0.5) is 18.9 Å². The van der Waals surface area contributed by atoms with Crippen molar-refractivity contribution < 1.29 is 31.1 Å². The van der Waals surface area contributed by atoms with E-state index in [2.05, 4.69) is 10.0 Å². The van der Waals surface area contributed by atoms with Crippen LogP contribution in [0.5, 0.6) is 0 Å². The summed E-state index contributed by atoms with van der Waals surface area (Å²) < 4.78 is 69.1. The van der Waals surface area contributed by atoms with E-state index in [0.29, 0.717) is 0 Å². The highest BCUT2D eigenvalue weighted by molar-refractivity contribution is 7.89. The van der Waals surface area contributed by atoms with Crippen LogP contribution in [0.15, 0.2) is 18.2 Å². The minimum atomic E-state index is -4.59.